The van der Waals surface area contributed by atoms with E-state index in [1.165, 1.54) is 19.1 Å². The molecule has 6 nitrogen and oxygen atoms in total. The van der Waals surface area contributed by atoms with Crippen molar-refractivity contribution in [2.45, 2.75) is 13.3 Å². The maximum atomic E-state index is 10.7. The maximum absolute atomic E-state index is 10.7. The minimum atomic E-state index is -0.480. The first-order valence-corrected chi connectivity index (χ1v) is 6.19. The van der Waals surface area contributed by atoms with E-state index < -0.39 is 4.92 Å². The first-order chi connectivity index (χ1) is 8.91. The fourth-order valence-corrected chi connectivity index (χ4v) is 1.94. The number of hydrogen-bond donors (Lipinski definition) is 1. The Balaban J connectivity index is 2.59. The molecular weight excluding hydrogens is 270 g/mol. The van der Waals surface area contributed by atoms with Crippen molar-refractivity contribution in [1.82, 2.24) is 5.32 Å². The van der Waals surface area contributed by atoms with Gasteiger partial charge in [-0.05, 0) is 12.5 Å². The molecule has 104 valence electrons. The molecular formula is C12H16ClN3O3. The Labute approximate surface area is 116 Å². The zero-order valence-electron chi connectivity index (χ0n) is 10.9. The smallest absolute Gasteiger partial charge is 0.271 e. The number of non-ortho nitro benzene ring substituents is 1. The van der Waals surface area contributed by atoms with E-state index in [-0.39, 0.29) is 11.6 Å². The van der Waals surface area contributed by atoms with Crippen molar-refractivity contribution < 1.29 is 9.72 Å². The molecule has 0 heterocycles. The Hall–Kier alpha value is -1.82. The molecule has 1 aromatic rings. The van der Waals surface area contributed by atoms with Gasteiger partial charge in [-0.1, -0.05) is 11.6 Å². The lowest BCUT2D eigenvalue weighted by atomic mass is 10.2. The SMILES string of the molecule is CC(=O)NCCCN(C)c1ccc([N+](=O)[O-])cc1Cl. The van der Waals surface area contributed by atoms with Gasteiger partial charge in [-0.15, -0.1) is 0 Å². The van der Waals surface area contributed by atoms with E-state index in [4.69, 9.17) is 11.6 Å². The van der Waals surface area contributed by atoms with Crippen molar-refractivity contribution in [3.05, 3.63) is 33.3 Å². The second-order valence-electron chi connectivity index (χ2n) is 4.15. The molecule has 7 heteroatoms. The summed E-state index contributed by atoms with van der Waals surface area (Å²) < 4.78 is 0. The number of carbonyl (C=O) groups excluding carboxylic acids is 1. The van der Waals surface area contributed by atoms with Gasteiger partial charge in [0.15, 0.2) is 0 Å². The van der Waals surface area contributed by atoms with Crippen LogP contribution in [-0.4, -0.2) is 31.0 Å². The molecule has 1 amide bonds. The second-order valence-corrected chi connectivity index (χ2v) is 4.56. The van der Waals surface area contributed by atoms with Crippen molar-refractivity contribution >= 4 is 28.9 Å². The Bertz CT molecular complexity index is 479. The van der Waals surface area contributed by atoms with E-state index in [2.05, 4.69) is 5.32 Å². The van der Waals surface area contributed by atoms with Gasteiger partial charge in [0.25, 0.3) is 5.69 Å². The number of amides is 1. The van der Waals surface area contributed by atoms with Crippen molar-refractivity contribution in [1.29, 1.82) is 0 Å². The zero-order valence-corrected chi connectivity index (χ0v) is 11.6. The number of hydrogen-bond acceptors (Lipinski definition) is 4. The number of nitrogens with one attached hydrogen (secondary N) is 1. The fourth-order valence-electron chi connectivity index (χ4n) is 1.62. The maximum Gasteiger partial charge on any atom is 0.271 e. The van der Waals surface area contributed by atoms with E-state index in [1.54, 1.807) is 6.07 Å². The van der Waals surface area contributed by atoms with E-state index in [1.807, 2.05) is 11.9 Å². The summed E-state index contributed by atoms with van der Waals surface area (Å²) in [4.78, 5) is 22.7. The van der Waals surface area contributed by atoms with Gasteiger partial charge in [-0.3, -0.25) is 14.9 Å². The van der Waals surface area contributed by atoms with E-state index in [9.17, 15) is 14.9 Å². The van der Waals surface area contributed by atoms with Crippen molar-refractivity contribution in [3.8, 4) is 0 Å². The monoisotopic (exact) mass is 285 g/mol. The molecule has 0 unspecified atom stereocenters. The number of rotatable bonds is 6. The first-order valence-electron chi connectivity index (χ1n) is 5.81. The highest BCUT2D eigenvalue weighted by molar-refractivity contribution is 6.33. The van der Waals surface area contributed by atoms with E-state index in [0.717, 1.165) is 12.1 Å². The predicted molar refractivity (Wildman–Crippen MR) is 74.7 cm³/mol. The highest BCUT2D eigenvalue weighted by Crippen LogP contribution is 2.28. The normalized spacial score (nSPS) is 10.1. The largest absolute Gasteiger partial charge is 0.373 e. The number of nitro groups is 1. The van der Waals surface area contributed by atoms with Gasteiger partial charge in [-0.25, -0.2) is 0 Å². The first kappa shape index (κ1) is 15.2. The third-order valence-electron chi connectivity index (χ3n) is 2.60. The summed E-state index contributed by atoms with van der Waals surface area (Å²) in [7, 11) is 1.85. The molecule has 19 heavy (non-hydrogen) atoms. The van der Waals surface area contributed by atoms with Crippen LogP contribution in [0, 0.1) is 10.1 Å². The highest BCUT2D eigenvalue weighted by Gasteiger charge is 2.11. The Morgan fingerprint density at radius 1 is 1.53 bits per heavy atom. The van der Waals surface area contributed by atoms with E-state index in [0.29, 0.717) is 18.1 Å². The Morgan fingerprint density at radius 2 is 2.21 bits per heavy atom. The van der Waals surface area contributed by atoms with Gasteiger partial charge in [0.1, 0.15) is 0 Å². The Kier molecular flexibility index (Phi) is 5.57. The van der Waals surface area contributed by atoms with Gasteiger partial charge in [0.2, 0.25) is 5.91 Å². The molecule has 0 bridgehead atoms. The number of nitro benzene ring substituents is 1. The Morgan fingerprint density at radius 3 is 2.74 bits per heavy atom. The number of carbonyl (C=O) groups is 1. The van der Waals surface area contributed by atoms with Gasteiger partial charge in [0, 0.05) is 39.2 Å². The summed E-state index contributed by atoms with van der Waals surface area (Å²) in [6.07, 6.45) is 0.767. The lowest BCUT2D eigenvalue weighted by Gasteiger charge is -2.20. The van der Waals surface area contributed by atoms with Crippen LogP contribution >= 0.6 is 11.6 Å². The van der Waals surface area contributed by atoms with Crippen LogP contribution in [0.3, 0.4) is 0 Å². The number of nitrogens with zero attached hydrogens (tertiary/aromatic N) is 2. The van der Waals surface area contributed by atoms with Crippen LogP contribution in [-0.2, 0) is 4.79 Å². The van der Waals surface area contributed by atoms with Gasteiger partial charge >= 0.3 is 0 Å². The van der Waals surface area contributed by atoms with Gasteiger partial charge in [0.05, 0.1) is 15.6 Å². The van der Waals surface area contributed by atoms with Crippen LogP contribution in [0.25, 0.3) is 0 Å². The van der Waals surface area contributed by atoms with Crippen LogP contribution in [0.2, 0.25) is 5.02 Å². The van der Waals surface area contributed by atoms with Crippen LogP contribution < -0.4 is 10.2 Å². The summed E-state index contributed by atoms with van der Waals surface area (Å²) in [6, 6.07) is 4.38. The summed E-state index contributed by atoms with van der Waals surface area (Å²) in [5, 5.41) is 13.6. The number of halogens is 1. The topological polar surface area (TPSA) is 75.5 Å². The van der Waals surface area contributed by atoms with Crippen molar-refractivity contribution in [3.63, 3.8) is 0 Å². The second kappa shape index (κ2) is 6.94. The summed E-state index contributed by atoms with van der Waals surface area (Å²) in [5.74, 6) is -0.0592. The quantitative estimate of drug-likeness (QED) is 0.494. The minimum Gasteiger partial charge on any atom is -0.373 e. The number of benzene rings is 1. The summed E-state index contributed by atoms with van der Waals surface area (Å²) in [6.45, 7) is 2.75. The third-order valence-corrected chi connectivity index (χ3v) is 2.90. The average molecular weight is 286 g/mol. The predicted octanol–water partition coefficient (Wildman–Crippen LogP) is 2.21. The van der Waals surface area contributed by atoms with Crippen molar-refractivity contribution in [2.24, 2.45) is 0 Å². The molecule has 0 atom stereocenters. The highest BCUT2D eigenvalue weighted by atomic mass is 35.5. The molecule has 0 aliphatic rings. The molecule has 0 fully saturated rings. The molecule has 1 rings (SSSR count). The third kappa shape index (κ3) is 4.75. The van der Waals surface area contributed by atoms with Crippen LogP contribution in [0.15, 0.2) is 18.2 Å². The molecule has 0 saturated heterocycles. The minimum absolute atomic E-state index is 0.0274. The molecule has 1 aromatic carbocycles. The van der Waals surface area contributed by atoms with Crippen molar-refractivity contribution in [2.75, 3.05) is 25.0 Å². The zero-order chi connectivity index (χ0) is 14.4. The van der Waals surface area contributed by atoms with Crippen LogP contribution in [0.5, 0.6) is 0 Å². The molecule has 0 aliphatic heterocycles. The molecule has 0 radical (unpaired) electrons. The van der Waals surface area contributed by atoms with Gasteiger partial charge in [-0.2, -0.15) is 0 Å². The molecule has 0 saturated carbocycles. The molecule has 0 aromatic heterocycles. The standard InChI is InChI=1S/C12H16ClN3O3/c1-9(17)14-6-3-7-15(2)12-5-4-10(16(18)19)8-11(12)13/h4-5,8H,3,6-7H2,1-2H3,(H,14,17). The fraction of sp³-hybridized carbons (Fsp3) is 0.417. The van der Waals surface area contributed by atoms with Gasteiger partial charge < -0.3 is 10.2 Å². The molecule has 0 spiro atoms. The summed E-state index contributed by atoms with van der Waals surface area (Å²) >= 11 is 6.02. The lowest BCUT2D eigenvalue weighted by Crippen LogP contribution is -2.26. The van der Waals surface area contributed by atoms with Crippen LogP contribution in [0.4, 0.5) is 11.4 Å². The molecule has 1 N–H and O–H groups in total. The number of anilines is 1. The average Bonchev–Trinajstić information content (AvgIpc) is 2.33. The molecule has 0 aliphatic carbocycles. The van der Waals surface area contributed by atoms with E-state index >= 15 is 0 Å². The van der Waals surface area contributed by atoms with Crippen LogP contribution in [0.1, 0.15) is 13.3 Å². The summed E-state index contributed by atoms with van der Waals surface area (Å²) in [5.41, 5.74) is 0.704. The lowest BCUT2D eigenvalue weighted by molar-refractivity contribution is -0.384.